The molecule has 1 unspecified atom stereocenters. The van der Waals surface area contributed by atoms with Crippen LogP contribution in [-0.4, -0.2) is 57.8 Å². The fourth-order valence-corrected chi connectivity index (χ4v) is 6.20. The van der Waals surface area contributed by atoms with Crippen molar-refractivity contribution in [1.82, 2.24) is 4.90 Å². The zero-order valence-corrected chi connectivity index (χ0v) is 23.6. The Morgan fingerprint density at radius 1 is 0.925 bits per heavy atom. The maximum absolute atomic E-state index is 15.2. The summed E-state index contributed by atoms with van der Waals surface area (Å²) in [5, 5.41) is 0. The van der Waals surface area contributed by atoms with E-state index >= 15 is 4.39 Å². The Morgan fingerprint density at radius 3 is 2.23 bits per heavy atom. The smallest absolute Gasteiger partial charge is 0.254 e. The van der Waals surface area contributed by atoms with Crippen molar-refractivity contribution < 1.29 is 26.7 Å². The molecule has 2 fully saturated rings. The van der Waals surface area contributed by atoms with Crippen molar-refractivity contribution in [2.24, 2.45) is 0 Å². The number of sulfone groups is 1. The average Bonchev–Trinajstić information content (AvgIpc) is 3.45. The molecule has 40 heavy (non-hydrogen) atoms. The third-order valence-corrected chi connectivity index (χ3v) is 8.96. The number of carbonyl (C=O) groups is 1. The molecule has 1 atom stereocenters. The second kappa shape index (κ2) is 11.7. The summed E-state index contributed by atoms with van der Waals surface area (Å²) < 4.78 is 59.3. The Bertz CT molecular complexity index is 1480. The third kappa shape index (κ3) is 6.20. The van der Waals surface area contributed by atoms with Gasteiger partial charge in [-0.15, -0.1) is 0 Å². The number of piperazine rings is 1. The average molecular weight is 569 g/mol. The number of hydrogen-bond acceptors (Lipinski definition) is 5. The second-order valence-corrected chi connectivity index (χ2v) is 12.7. The van der Waals surface area contributed by atoms with Crippen LogP contribution in [0, 0.1) is 11.6 Å². The van der Waals surface area contributed by atoms with E-state index in [-0.39, 0.29) is 34.4 Å². The van der Waals surface area contributed by atoms with Crippen molar-refractivity contribution in [3.63, 3.8) is 0 Å². The number of halogens is 2. The van der Waals surface area contributed by atoms with Crippen molar-refractivity contribution in [2.75, 3.05) is 37.3 Å². The topological polar surface area (TPSA) is 66.9 Å². The molecule has 212 valence electrons. The van der Waals surface area contributed by atoms with Gasteiger partial charge in [-0.05, 0) is 72.9 Å². The minimum absolute atomic E-state index is 0.0358. The van der Waals surface area contributed by atoms with Gasteiger partial charge in [0.15, 0.2) is 9.84 Å². The number of anilines is 1. The largest absolute Gasteiger partial charge is 0.371 e. The van der Waals surface area contributed by atoms with Gasteiger partial charge in [0.25, 0.3) is 5.91 Å². The van der Waals surface area contributed by atoms with E-state index in [1.54, 1.807) is 29.2 Å². The van der Waals surface area contributed by atoms with Crippen LogP contribution < -0.4 is 4.90 Å². The molecule has 0 N–H and O–H groups in total. The van der Waals surface area contributed by atoms with Crippen molar-refractivity contribution in [1.29, 1.82) is 0 Å². The van der Waals surface area contributed by atoms with E-state index in [9.17, 15) is 17.6 Å². The summed E-state index contributed by atoms with van der Waals surface area (Å²) in [7, 11) is -3.55. The molecule has 1 saturated carbocycles. The van der Waals surface area contributed by atoms with Crippen LogP contribution in [0.4, 0.5) is 14.5 Å². The molecule has 1 heterocycles. The van der Waals surface area contributed by atoms with E-state index < -0.39 is 15.7 Å². The monoisotopic (exact) mass is 568 g/mol. The molecule has 2 aliphatic rings. The van der Waals surface area contributed by atoms with E-state index in [1.165, 1.54) is 43.2 Å². The van der Waals surface area contributed by atoms with Gasteiger partial charge in [-0.3, -0.25) is 4.79 Å². The molecule has 0 radical (unpaired) electrons. The zero-order chi connectivity index (χ0) is 28.4. The number of amides is 1. The molecule has 1 aliphatic heterocycles. The van der Waals surface area contributed by atoms with E-state index in [2.05, 4.69) is 0 Å². The Balaban J connectivity index is 1.31. The molecular formula is C31H34F2N2O4S. The van der Waals surface area contributed by atoms with Gasteiger partial charge in [-0.25, -0.2) is 17.2 Å². The molecule has 1 aliphatic carbocycles. The van der Waals surface area contributed by atoms with E-state index in [4.69, 9.17) is 4.74 Å². The summed E-state index contributed by atoms with van der Waals surface area (Å²) >= 11 is 0. The van der Waals surface area contributed by atoms with Gasteiger partial charge >= 0.3 is 0 Å². The first-order chi connectivity index (χ1) is 19.1. The van der Waals surface area contributed by atoms with Crippen LogP contribution >= 0.6 is 0 Å². The van der Waals surface area contributed by atoms with Crippen molar-refractivity contribution >= 4 is 21.4 Å². The SMILES string of the molecule is CC(OC1CCCC1)c1ccc(N2CCN(C(=O)c3cc(S(C)(=O)=O)ccc3-c3ccc(F)cc3)CC2)c(F)c1. The highest BCUT2D eigenvalue weighted by Gasteiger charge is 2.27. The van der Waals surface area contributed by atoms with Crippen molar-refractivity contribution in [3.8, 4) is 11.1 Å². The van der Waals surface area contributed by atoms with E-state index in [0.29, 0.717) is 43.0 Å². The van der Waals surface area contributed by atoms with E-state index in [0.717, 1.165) is 24.7 Å². The van der Waals surface area contributed by atoms with E-state index in [1.807, 2.05) is 17.9 Å². The molecule has 0 spiro atoms. The lowest BCUT2D eigenvalue weighted by Gasteiger charge is -2.36. The number of benzene rings is 3. The van der Waals surface area contributed by atoms with Gasteiger partial charge < -0.3 is 14.5 Å². The van der Waals surface area contributed by atoms with Gasteiger partial charge in [0.05, 0.1) is 22.8 Å². The van der Waals surface area contributed by atoms with Crippen LogP contribution in [0.2, 0.25) is 0 Å². The van der Waals surface area contributed by atoms with Gasteiger partial charge in [-0.2, -0.15) is 0 Å². The summed E-state index contributed by atoms with van der Waals surface area (Å²) in [4.78, 5) is 17.3. The lowest BCUT2D eigenvalue weighted by molar-refractivity contribution is 0.000882. The molecule has 6 nitrogen and oxygen atoms in total. The Labute approximate surface area is 234 Å². The number of hydrogen-bond donors (Lipinski definition) is 0. The summed E-state index contributed by atoms with van der Waals surface area (Å²) in [6.07, 6.45) is 5.61. The van der Waals surface area contributed by atoms with Crippen molar-refractivity contribution in [2.45, 2.75) is 49.7 Å². The van der Waals surface area contributed by atoms with Crippen LogP contribution in [0.5, 0.6) is 0 Å². The molecule has 5 rings (SSSR count). The van der Waals surface area contributed by atoms with Gasteiger partial charge in [-0.1, -0.05) is 37.1 Å². The highest BCUT2D eigenvalue weighted by Crippen LogP contribution is 2.31. The maximum atomic E-state index is 15.2. The standard InChI is InChI=1S/C31H34F2N2O4S/c1-21(39-25-5-3-4-6-25)23-9-14-30(29(33)19-23)34-15-17-35(18-16-34)31(36)28-20-26(40(2,37)38)12-13-27(28)22-7-10-24(32)11-8-22/h7-14,19-21,25H,3-6,15-18H2,1-2H3. The summed E-state index contributed by atoms with van der Waals surface area (Å²) in [5.41, 5.74) is 2.65. The summed E-state index contributed by atoms with van der Waals surface area (Å²) in [6, 6.07) is 15.4. The summed E-state index contributed by atoms with van der Waals surface area (Å²) in [5.74, 6) is -1.05. The van der Waals surface area contributed by atoms with Crippen LogP contribution in [0.3, 0.4) is 0 Å². The molecule has 9 heteroatoms. The maximum Gasteiger partial charge on any atom is 0.254 e. The first kappa shape index (κ1) is 28.2. The number of rotatable bonds is 7. The van der Waals surface area contributed by atoms with Crippen LogP contribution in [0.15, 0.2) is 65.6 Å². The van der Waals surface area contributed by atoms with Gasteiger partial charge in [0, 0.05) is 38.0 Å². The first-order valence-electron chi connectivity index (χ1n) is 13.7. The zero-order valence-electron chi connectivity index (χ0n) is 22.8. The van der Waals surface area contributed by atoms with Crippen LogP contribution in [0.1, 0.15) is 54.6 Å². The fourth-order valence-electron chi connectivity index (χ4n) is 5.56. The molecular weight excluding hydrogens is 534 g/mol. The van der Waals surface area contributed by atoms with Crippen LogP contribution in [-0.2, 0) is 14.6 Å². The predicted molar refractivity (Wildman–Crippen MR) is 151 cm³/mol. The highest BCUT2D eigenvalue weighted by molar-refractivity contribution is 7.90. The number of ether oxygens (including phenoxy) is 1. The highest BCUT2D eigenvalue weighted by atomic mass is 32.2. The normalized spacial score (nSPS) is 17.3. The second-order valence-electron chi connectivity index (χ2n) is 10.7. The Hall–Kier alpha value is -3.30. The predicted octanol–water partition coefficient (Wildman–Crippen LogP) is 6.02. The molecule has 3 aromatic rings. The molecule has 1 saturated heterocycles. The molecule has 3 aromatic carbocycles. The quantitative estimate of drug-likeness (QED) is 0.349. The van der Waals surface area contributed by atoms with Gasteiger partial charge in [0.1, 0.15) is 11.6 Å². The minimum atomic E-state index is -3.55. The Kier molecular flexibility index (Phi) is 8.24. The molecule has 0 aromatic heterocycles. The van der Waals surface area contributed by atoms with Gasteiger partial charge in [0.2, 0.25) is 0 Å². The van der Waals surface area contributed by atoms with Crippen LogP contribution in [0.25, 0.3) is 11.1 Å². The molecule has 1 amide bonds. The lowest BCUT2D eigenvalue weighted by atomic mass is 9.98. The summed E-state index contributed by atoms with van der Waals surface area (Å²) in [6.45, 7) is 3.48. The molecule has 0 bridgehead atoms. The third-order valence-electron chi connectivity index (χ3n) is 7.85. The first-order valence-corrected chi connectivity index (χ1v) is 15.6. The Morgan fingerprint density at radius 2 is 1.60 bits per heavy atom. The number of carbonyl (C=O) groups excluding carboxylic acids is 1. The fraction of sp³-hybridized carbons (Fsp3) is 0.387. The number of nitrogens with zero attached hydrogens (tertiary/aromatic N) is 2. The lowest BCUT2D eigenvalue weighted by Crippen LogP contribution is -2.49. The van der Waals surface area contributed by atoms with Crippen molar-refractivity contribution in [3.05, 3.63) is 83.4 Å². The minimum Gasteiger partial charge on any atom is -0.371 e.